The summed E-state index contributed by atoms with van der Waals surface area (Å²) < 4.78 is 5.26. The molecule has 0 spiro atoms. The van der Waals surface area contributed by atoms with E-state index in [9.17, 15) is 4.79 Å². The highest BCUT2D eigenvalue weighted by Gasteiger charge is 2.13. The molecule has 5 nitrogen and oxygen atoms in total. The quantitative estimate of drug-likeness (QED) is 0.632. The minimum absolute atomic E-state index is 0.177. The molecule has 86 valence electrons. The lowest BCUT2D eigenvalue weighted by Crippen LogP contribution is -1.94. The third-order valence-corrected chi connectivity index (χ3v) is 2.86. The van der Waals surface area contributed by atoms with E-state index in [-0.39, 0.29) is 5.69 Å². The van der Waals surface area contributed by atoms with E-state index >= 15 is 0 Å². The number of carbonyl (C=O) groups is 1. The first kappa shape index (κ1) is 9.77. The third kappa shape index (κ3) is 1.29. The lowest BCUT2D eigenvalue weighted by molar-refractivity contribution is 0.0691. The number of benzene rings is 1. The molecule has 2 aromatic heterocycles. The van der Waals surface area contributed by atoms with Gasteiger partial charge in [0.05, 0.1) is 18.1 Å². The summed E-state index contributed by atoms with van der Waals surface area (Å²) in [6, 6.07) is 5.33. The van der Waals surface area contributed by atoms with Crippen LogP contribution in [0.5, 0.6) is 5.75 Å². The zero-order chi connectivity index (χ0) is 12.0. The molecule has 3 aromatic rings. The smallest absolute Gasteiger partial charge is 0.352 e. The number of hydrogen-bond acceptors (Lipinski definition) is 2. The number of hydrogen-bond donors (Lipinski definition) is 3. The van der Waals surface area contributed by atoms with Gasteiger partial charge in [-0.15, -0.1) is 0 Å². The van der Waals surface area contributed by atoms with Crippen molar-refractivity contribution < 1.29 is 14.6 Å². The largest absolute Gasteiger partial charge is 0.494 e. The fourth-order valence-electron chi connectivity index (χ4n) is 2.08. The van der Waals surface area contributed by atoms with Crippen molar-refractivity contribution in [1.29, 1.82) is 0 Å². The van der Waals surface area contributed by atoms with E-state index in [1.807, 2.05) is 6.07 Å². The fourth-order valence-corrected chi connectivity index (χ4v) is 2.08. The van der Waals surface area contributed by atoms with Gasteiger partial charge in [0.15, 0.2) is 0 Å². The number of fused-ring (bicyclic) bond motifs is 3. The Morgan fingerprint density at radius 2 is 2.18 bits per heavy atom. The Bertz CT molecular complexity index is 724. The van der Waals surface area contributed by atoms with Crippen LogP contribution in [0.15, 0.2) is 24.4 Å². The first-order valence-corrected chi connectivity index (χ1v) is 5.11. The highest BCUT2D eigenvalue weighted by Crippen LogP contribution is 2.32. The molecular formula is C12H10N2O3. The highest BCUT2D eigenvalue weighted by molar-refractivity contribution is 6.10. The van der Waals surface area contributed by atoms with Crippen molar-refractivity contribution in [2.75, 3.05) is 7.11 Å². The number of methoxy groups -OCH3 is 1. The summed E-state index contributed by atoms with van der Waals surface area (Å²) in [6.07, 6.45) is 1.81. The maximum absolute atomic E-state index is 10.9. The molecule has 0 aliphatic rings. The molecule has 0 aliphatic heterocycles. The molecule has 3 rings (SSSR count). The Morgan fingerprint density at radius 3 is 2.88 bits per heavy atom. The van der Waals surface area contributed by atoms with Crippen LogP contribution in [0.25, 0.3) is 21.8 Å². The molecule has 5 heteroatoms. The second-order valence-electron chi connectivity index (χ2n) is 3.79. The molecule has 0 aliphatic carbocycles. The van der Waals surface area contributed by atoms with Gasteiger partial charge in [0.2, 0.25) is 0 Å². The molecule has 3 N–H and O–H groups in total. The molecule has 0 radical (unpaired) electrons. The van der Waals surface area contributed by atoms with E-state index in [1.165, 1.54) is 0 Å². The maximum Gasteiger partial charge on any atom is 0.352 e. The zero-order valence-corrected chi connectivity index (χ0v) is 9.07. The van der Waals surface area contributed by atoms with E-state index in [0.29, 0.717) is 5.75 Å². The van der Waals surface area contributed by atoms with Crippen LogP contribution in [0, 0.1) is 0 Å². The van der Waals surface area contributed by atoms with Crippen LogP contribution in [-0.4, -0.2) is 28.2 Å². The molecule has 0 amide bonds. The lowest BCUT2D eigenvalue weighted by Gasteiger charge is -2.02. The van der Waals surface area contributed by atoms with Crippen LogP contribution in [0.2, 0.25) is 0 Å². The van der Waals surface area contributed by atoms with Crippen molar-refractivity contribution in [2.24, 2.45) is 0 Å². The summed E-state index contributed by atoms with van der Waals surface area (Å²) in [5, 5.41) is 10.8. The number of aromatic nitrogens is 2. The van der Waals surface area contributed by atoms with Gasteiger partial charge >= 0.3 is 5.97 Å². The average Bonchev–Trinajstić information content (AvgIpc) is 2.93. The minimum Gasteiger partial charge on any atom is -0.494 e. The van der Waals surface area contributed by atoms with Gasteiger partial charge < -0.3 is 19.8 Å². The third-order valence-electron chi connectivity index (χ3n) is 2.86. The van der Waals surface area contributed by atoms with Crippen LogP contribution >= 0.6 is 0 Å². The molecule has 0 saturated carbocycles. The van der Waals surface area contributed by atoms with Crippen molar-refractivity contribution in [1.82, 2.24) is 9.97 Å². The fraction of sp³-hybridized carbons (Fsp3) is 0.0833. The van der Waals surface area contributed by atoms with Crippen LogP contribution in [-0.2, 0) is 0 Å². The van der Waals surface area contributed by atoms with Gasteiger partial charge in [0, 0.05) is 23.0 Å². The van der Waals surface area contributed by atoms with Gasteiger partial charge in [0.25, 0.3) is 0 Å². The number of ether oxygens (including phenoxy) is 1. The number of nitrogens with one attached hydrogen (secondary N) is 2. The molecule has 0 bridgehead atoms. The van der Waals surface area contributed by atoms with E-state index in [0.717, 1.165) is 21.8 Å². The van der Waals surface area contributed by atoms with Crippen LogP contribution in [0.4, 0.5) is 0 Å². The summed E-state index contributed by atoms with van der Waals surface area (Å²) >= 11 is 0. The Labute approximate surface area is 96.0 Å². The Hall–Kier alpha value is -2.43. The summed E-state index contributed by atoms with van der Waals surface area (Å²) in [5.74, 6) is -0.278. The second kappa shape index (κ2) is 3.28. The van der Waals surface area contributed by atoms with Crippen LogP contribution in [0.1, 0.15) is 10.5 Å². The SMILES string of the molecule is COc1cc2[nH]c(C(=O)O)cc2c2cc[nH]c12. The molecule has 0 atom stereocenters. The van der Waals surface area contributed by atoms with E-state index in [1.54, 1.807) is 25.4 Å². The van der Waals surface area contributed by atoms with Gasteiger partial charge in [-0.3, -0.25) is 0 Å². The van der Waals surface area contributed by atoms with Crippen molar-refractivity contribution in [2.45, 2.75) is 0 Å². The van der Waals surface area contributed by atoms with E-state index in [4.69, 9.17) is 9.84 Å². The molecule has 17 heavy (non-hydrogen) atoms. The normalized spacial score (nSPS) is 11.1. The van der Waals surface area contributed by atoms with Gasteiger partial charge in [-0.05, 0) is 12.1 Å². The van der Waals surface area contributed by atoms with Gasteiger partial charge in [-0.1, -0.05) is 0 Å². The van der Waals surface area contributed by atoms with Crippen molar-refractivity contribution in [3.63, 3.8) is 0 Å². The molecular weight excluding hydrogens is 220 g/mol. The predicted octanol–water partition coefficient (Wildman–Crippen LogP) is 2.36. The van der Waals surface area contributed by atoms with Crippen LogP contribution in [0.3, 0.4) is 0 Å². The zero-order valence-electron chi connectivity index (χ0n) is 9.07. The molecule has 0 unspecified atom stereocenters. The molecule has 0 fully saturated rings. The highest BCUT2D eigenvalue weighted by atomic mass is 16.5. The summed E-state index contributed by atoms with van der Waals surface area (Å²) in [6.45, 7) is 0. The number of aromatic carboxylic acids is 1. The van der Waals surface area contributed by atoms with E-state index < -0.39 is 5.97 Å². The topological polar surface area (TPSA) is 78.1 Å². The monoisotopic (exact) mass is 230 g/mol. The van der Waals surface area contributed by atoms with Crippen molar-refractivity contribution in [3.05, 3.63) is 30.1 Å². The van der Waals surface area contributed by atoms with Gasteiger partial charge in [-0.2, -0.15) is 0 Å². The Kier molecular flexibility index (Phi) is 1.89. The van der Waals surface area contributed by atoms with Gasteiger partial charge in [-0.25, -0.2) is 4.79 Å². The predicted molar refractivity (Wildman–Crippen MR) is 63.7 cm³/mol. The van der Waals surface area contributed by atoms with Gasteiger partial charge in [0.1, 0.15) is 11.4 Å². The van der Waals surface area contributed by atoms with E-state index in [2.05, 4.69) is 9.97 Å². The summed E-state index contributed by atoms with van der Waals surface area (Å²) in [5.41, 5.74) is 1.80. The van der Waals surface area contributed by atoms with Crippen molar-refractivity contribution in [3.8, 4) is 5.75 Å². The minimum atomic E-state index is -0.969. The van der Waals surface area contributed by atoms with Crippen molar-refractivity contribution >= 4 is 27.8 Å². The number of rotatable bonds is 2. The lowest BCUT2D eigenvalue weighted by atomic mass is 10.1. The molecule has 2 heterocycles. The standard InChI is InChI=1S/C12H10N2O3/c1-17-10-5-8-7(4-9(14-8)12(15)16)6-2-3-13-11(6)10/h2-5,13-14H,1H3,(H,15,16). The number of aromatic amines is 2. The molecule has 0 saturated heterocycles. The molecule has 1 aromatic carbocycles. The Morgan fingerprint density at radius 1 is 1.35 bits per heavy atom. The number of carboxylic acid groups (broad SMARTS) is 1. The second-order valence-corrected chi connectivity index (χ2v) is 3.79. The maximum atomic E-state index is 10.9. The average molecular weight is 230 g/mol. The van der Waals surface area contributed by atoms with Crippen LogP contribution < -0.4 is 4.74 Å². The first-order valence-electron chi connectivity index (χ1n) is 5.11. The number of H-pyrrole nitrogens is 2. The summed E-state index contributed by atoms with van der Waals surface area (Å²) in [7, 11) is 1.59. The summed E-state index contributed by atoms with van der Waals surface area (Å²) in [4.78, 5) is 16.9. The number of carboxylic acids is 1. The first-order chi connectivity index (χ1) is 8.20. The Balaban J connectivity index is 2.45.